The Morgan fingerprint density at radius 2 is 1.92 bits per heavy atom. The molecule has 0 aromatic heterocycles. The Kier molecular flexibility index (Phi) is 8.16. The van der Waals surface area contributed by atoms with Crippen LogP contribution in [0.25, 0.3) is 0 Å². The third-order valence-electron chi connectivity index (χ3n) is 4.97. The molecule has 6 heteroatoms. The molecule has 1 saturated heterocycles. The molecule has 1 N–H and O–H groups in total. The Bertz CT molecular complexity index is 436. The fourth-order valence-corrected chi connectivity index (χ4v) is 3.21. The molecule has 0 amide bonds. The molecule has 0 bridgehead atoms. The molecular weight excluding hydrogens is 324 g/mol. The van der Waals surface area contributed by atoms with Crippen molar-refractivity contribution in [1.82, 2.24) is 0 Å². The highest BCUT2D eigenvalue weighted by molar-refractivity contribution is 5.72. The Morgan fingerprint density at radius 3 is 2.64 bits per heavy atom. The molecule has 1 aliphatic carbocycles. The van der Waals surface area contributed by atoms with Gasteiger partial charge in [-0.25, -0.2) is 0 Å². The van der Waals surface area contributed by atoms with Crippen LogP contribution in [0.1, 0.15) is 65.2 Å². The lowest BCUT2D eigenvalue weighted by molar-refractivity contribution is -0.150. The second-order valence-corrected chi connectivity index (χ2v) is 7.56. The number of epoxide rings is 1. The molecule has 6 nitrogen and oxygen atoms in total. The van der Waals surface area contributed by atoms with Gasteiger partial charge >= 0.3 is 11.9 Å². The zero-order chi connectivity index (χ0) is 18.2. The van der Waals surface area contributed by atoms with Gasteiger partial charge in [0.1, 0.15) is 0 Å². The number of hydrogen-bond donors (Lipinski definition) is 1. The summed E-state index contributed by atoms with van der Waals surface area (Å²) in [7, 11) is 0. The fourth-order valence-electron chi connectivity index (χ4n) is 3.21. The van der Waals surface area contributed by atoms with Crippen LogP contribution in [-0.2, 0) is 23.8 Å². The van der Waals surface area contributed by atoms with Crippen molar-refractivity contribution < 1.29 is 28.9 Å². The third kappa shape index (κ3) is 7.74. The van der Waals surface area contributed by atoms with Crippen LogP contribution in [0.4, 0.5) is 0 Å². The van der Waals surface area contributed by atoms with Gasteiger partial charge in [0.25, 0.3) is 0 Å². The number of unbranched alkanes of at least 4 members (excludes halogenated alkanes) is 1. The van der Waals surface area contributed by atoms with Gasteiger partial charge in [0.05, 0.1) is 37.4 Å². The summed E-state index contributed by atoms with van der Waals surface area (Å²) in [6.45, 7) is 4.49. The summed E-state index contributed by atoms with van der Waals surface area (Å²) in [4.78, 5) is 23.7. The fraction of sp³-hybridized carbons (Fsp3) is 0.895. The van der Waals surface area contributed by atoms with E-state index in [2.05, 4.69) is 0 Å². The van der Waals surface area contributed by atoms with E-state index >= 15 is 0 Å². The van der Waals surface area contributed by atoms with Gasteiger partial charge in [-0.3, -0.25) is 9.59 Å². The molecule has 0 radical (unpaired) electrons. The predicted octanol–water partition coefficient (Wildman–Crippen LogP) is 2.61. The van der Waals surface area contributed by atoms with Crippen molar-refractivity contribution in [2.75, 3.05) is 13.2 Å². The number of ether oxygens (including phenoxy) is 3. The first-order valence-electron chi connectivity index (χ1n) is 9.61. The van der Waals surface area contributed by atoms with E-state index in [-0.39, 0.29) is 36.0 Å². The minimum Gasteiger partial charge on any atom is -0.466 e. The van der Waals surface area contributed by atoms with Crippen LogP contribution < -0.4 is 0 Å². The number of rotatable bonds is 11. The topological polar surface area (TPSA) is 85.4 Å². The van der Waals surface area contributed by atoms with Gasteiger partial charge in [0.15, 0.2) is 0 Å². The van der Waals surface area contributed by atoms with E-state index in [9.17, 15) is 9.59 Å². The predicted molar refractivity (Wildman–Crippen MR) is 91.8 cm³/mol. The largest absolute Gasteiger partial charge is 0.466 e. The van der Waals surface area contributed by atoms with Crippen molar-refractivity contribution in [2.45, 2.75) is 83.5 Å². The normalized spacial score (nSPS) is 27.1. The van der Waals surface area contributed by atoms with Gasteiger partial charge in [-0.05, 0) is 57.8 Å². The lowest BCUT2D eigenvalue weighted by Crippen LogP contribution is -2.25. The molecule has 144 valence electrons. The Morgan fingerprint density at radius 1 is 1.12 bits per heavy atom. The minimum absolute atomic E-state index is 0.0254. The second-order valence-electron chi connectivity index (χ2n) is 7.56. The number of hydrogen-bond acceptors (Lipinski definition) is 6. The maximum atomic E-state index is 12.1. The Hall–Kier alpha value is -1.14. The molecule has 0 aromatic carbocycles. The monoisotopic (exact) mass is 356 g/mol. The van der Waals surface area contributed by atoms with Crippen LogP contribution in [0.5, 0.6) is 0 Å². The maximum absolute atomic E-state index is 12.1. The highest BCUT2D eigenvalue weighted by Crippen LogP contribution is 2.39. The number of carbonyl (C=O) groups is 2. The zero-order valence-corrected chi connectivity index (χ0v) is 15.4. The van der Waals surface area contributed by atoms with E-state index in [0.717, 1.165) is 38.5 Å². The first-order valence-corrected chi connectivity index (χ1v) is 9.61. The van der Waals surface area contributed by atoms with Gasteiger partial charge in [0, 0.05) is 6.42 Å². The lowest BCUT2D eigenvalue weighted by atomic mass is 9.89. The molecule has 1 aliphatic heterocycles. The van der Waals surface area contributed by atoms with Crippen molar-refractivity contribution in [2.24, 2.45) is 11.8 Å². The summed E-state index contributed by atoms with van der Waals surface area (Å²) < 4.78 is 16.0. The number of fused-ring (bicyclic) bond motifs is 1. The Labute approximate surface area is 150 Å². The maximum Gasteiger partial charge on any atom is 0.309 e. The van der Waals surface area contributed by atoms with Crippen LogP contribution in [0.15, 0.2) is 0 Å². The van der Waals surface area contributed by atoms with E-state index in [1.54, 1.807) is 6.92 Å². The summed E-state index contributed by atoms with van der Waals surface area (Å²) in [6.07, 6.45) is 6.33. The molecule has 0 aromatic rings. The molecule has 1 heterocycles. The smallest absolute Gasteiger partial charge is 0.309 e. The summed E-state index contributed by atoms with van der Waals surface area (Å²) in [5.41, 5.74) is 0. The SMILES string of the molecule is CC(O)CCCCOC(=O)CCC(C)COC(=O)C1CCC2OC2C1. The molecule has 25 heavy (non-hydrogen) atoms. The van der Waals surface area contributed by atoms with Gasteiger partial charge in [-0.1, -0.05) is 6.92 Å². The first-order chi connectivity index (χ1) is 12.0. The van der Waals surface area contributed by atoms with Crippen molar-refractivity contribution in [3.8, 4) is 0 Å². The molecule has 5 atom stereocenters. The van der Waals surface area contributed by atoms with Gasteiger partial charge in [-0.15, -0.1) is 0 Å². The standard InChI is InChI=1S/C19H32O6/c1-13(6-9-18(21)23-10-4-3-5-14(2)20)12-24-19(22)15-7-8-16-17(11-15)25-16/h13-17,20H,3-12H2,1-2H3. The van der Waals surface area contributed by atoms with E-state index in [1.165, 1.54) is 0 Å². The summed E-state index contributed by atoms with van der Waals surface area (Å²) in [5, 5.41) is 9.14. The van der Waals surface area contributed by atoms with Gasteiger partial charge in [0.2, 0.25) is 0 Å². The number of carbonyl (C=O) groups excluding carboxylic acids is 2. The highest BCUT2D eigenvalue weighted by atomic mass is 16.6. The van der Waals surface area contributed by atoms with Crippen molar-refractivity contribution in [1.29, 1.82) is 0 Å². The van der Waals surface area contributed by atoms with Gasteiger partial charge in [-0.2, -0.15) is 0 Å². The molecule has 2 fully saturated rings. The minimum atomic E-state index is -0.300. The lowest BCUT2D eigenvalue weighted by Gasteiger charge is -2.19. The van der Waals surface area contributed by atoms with Crippen molar-refractivity contribution >= 4 is 11.9 Å². The van der Waals surface area contributed by atoms with E-state index in [0.29, 0.717) is 32.2 Å². The van der Waals surface area contributed by atoms with Crippen LogP contribution in [0.3, 0.4) is 0 Å². The molecule has 2 aliphatic rings. The van der Waals surface area contributed by atoms with Gasteiger partial charge < -0.3 is 19.3 Å². The molecular formula is C19H32O6. The van der Waals surface area contributed by atoms with Crippen LogP contribution >= 0.6 is 0 Å². The zero-order valence-electron chi connectivity index (χ0n) is 15.4. The number of aliphatic hydroxyl groups is 1. The average molecular weight is 356 g/mol. The number of esters is 2. The van der Waals surface area contributed by atoms with Crippen molar-refractivity contribution in [3.05, 3.63) is 0 Å². The molecule has 5 unspecified atom stereocenters. The Balaban J connectivity index is 1.47. The van der Waals surface area contributed by atoms with Crippen molar-refractivity contribution in [3.63, 3.8) is 0 Å². The van der Waals surface area contributed by atoms with E-state index in [1.807, 2.05) is 6.92 Å². The molecule has 1 saturated carbocycles. The van der Waals surface area contributed by atoms with E-state index in [4.69, 9.17) is 19.3 Å². The van der Waals surface area contributed by atoms with Crippen LogP contribution in [0, 0.1) is 11.8 Å². The first kappa shape index (κ1) is 20.2. The third-order valence-corrected chi connectivity index (χ3v) is 4.97. The molecule has 2 rings (SSSR count). The summed E-state index contributed by atoms with van der Waals surface area (Å²) in [5.74, 6) is -0.219. The second kappa shape index (κ2) is 10.1. The summed E-state index contributed by atoms with van der Waals surface area (Å²) in [6, 6.07) is 0. The average Bonchev–Trinajstić information content (AvgIpc) is 3.35. The number of aliphatic hydroxyl groups excluding tert-OH is 1. The summed E-state index contributed by atoms with van der Waals surface area (Å²) >= 11 is 0. The highest BCUT2D eigenvalue weighted by Gasteiger charge is 2.46. The quantitative estimate of drug-likeness (QED) is 0.348. The molecule has 0 spiro atoms. The van der Waals surface area contributed by atoms with Crippen LogP contribution in [0.2, 0.25) is 0 Å². The van der Waals surface area contributed by atoms with E-state index < -0.39 is 0 Å². The van der Waals surface area contributed by atoms with Crippen LogP contribution in [-0.4, -0.2) is 48.6 Å².